The molecule has 0 heterocycles. The molecule has 9 nitrogen and oxygen atoms in total. The Labute approximate surface area is 228 Å². The molecule has 0 saturated carbocycles. The molecule has 0 saturated heterocycles. The highest BCUT2D eigenvalue weighted by Gasteiger charge is 2.38. The average Bonchev–Trinajstić information content (AvgIpc) is 2.86. The maximum Gasteiger partial charge on any atom is 0.408 e. The number of nitrogens with zero attached hydrogens (tertiary/aromatic N) is 2. The van der Waals surface area contributed by atoms with Gasteiger partial charge in [-0.1, -0.05) is 62.4 Å². The van der Waals surface area contributed by atoms with E-state index in [2.05, 4.69) is 10.6 Å². The minimum atomic E-state index is -1.37. The van der Waals surface area contributed by atoms with Crippen molar-refractivity contribution in [1.29, 1.82) is 5.26 Å². The van der Waals surface area contributed by atoms with Crippen LogP contribution >= 0.6 is 0 Å². The predicted molar refractivity (Wildman–Crippen MR) is 149 cm³/mol. The summed E-state index contributed by atoms with van der Waals surface area (Å²) >= 11 is 0. The second-order valence-corrected chi connectivity index (χ2v) is 10.5. The molecule has 0 radical (unpaired) electrons. The first-order chi connectivity index (χ1) is 18.4. The molecule has 39 heavy (non-hydrogen) atoms. The standard InChI is InChI=1S/C30H34N4O5/c1-19(2)25(33-29(38)39-30(3,4)5)28(37)34(17-16-31)26(23-12-8-9-13-24(23)35)27(36)32-22-15-14-20-10-6-7-11-21(20)18-22/h6-15,18-19,25-26,35H,17H2,1-5H3,(H,32,36)(H,33,38). The Morgan fingerprint density at radius 2 is 1.64 bits per heavy atom. The summed E-state index contributed by atoms with van der Waals surface area (Å²) in [6, 6.07) is 18.7. The number of ether oxygens (including phenoxy) is 1. The molecule has 3 N–H and O–H groups in total. The van der Waals surface area contributed by atoms with Crippen molar-refractivity contribution in [3.8, 4) is 11.8 Å². The third-order valence-electron chi connectivity index (χ3n) is 5.94. The highest BCUT2D eigenvalue weighted by Crippen LogP contribution is 2.31. The van der Waals surface area contributed by atoms with E-state index in [4.69, 9.17) is 4.74 Å². The number of hydrogen-bond donors (Lipinski definition) is 3. The summed E-state index contributed by atoms with van der Waals surface area (Å²) in [6.07, 6.45) is -0.800. The van der Waals surface area contributed by atoms with Crippen LogP contribution in [0, 0.1) is 17.2 Å². The van der Waals surface area contributed by atoms with Crippen LogP contribution in [0.15, 0.2) is 66.7 Å². The number of phenols is 1. The fourth-order valence-electron chi connectivity index (χ4n) is 4.15. The molecule has 0 fully saturated rings. The molecule has 9 heteroatoms. The number of alkyl carbamates (subject to hydrolysis) is 1. The second kappa shape index (κ2) is 12.3. The number of anilines is 1. The van der Waals surface area contributed by atoms with Gasteiger partial charge in [-0.05, 0) is 55.7 Å². The van der Waals surface area contributed by atoms with Gasteiger partial charge in [-0.2, -0.15) is 5.26 Å². The lowest BCUT2D eigenvalue weighted by Crippen LogP contribution is -2.54. The van der Waals surface area contributed by atoms with Crippen LogP contribution < -0.4 is 10.6 Å². The van der Waals surface area contributed by atoms with Crippen molar-refractivity contribution in [2.45, 2.75) is 52.3 Å². The normalized spacial score (nSPS) is 12.7. The van der Waals surface area contributed by atoms with Crippen LogP contribution in [0.4, 0.5) is 10.5 Å². The summed E-state index contributed by atoms with van der Waals surface area (Å²) in [7, 11) is 0. The largest absolute Gasteiger partial charge is 0.508 e. The molecule has 0 spiro atoms. The Balaban J connectivity index is 2.01. The Morgan fingerprint density at radius 1 is 1.00 bits per heavy atom. The number of hydrogen-bond acceptors (Lipinski definition) is 6. The molecule has 0 aliphatic heterocycles. The van der Waals surface area contributed by atoms with Gasteiger partial charge < -0.3 is 25.4 Å². The summed E-state index contributed by atoms with van der Waals surface area (Å²) in [5, 5.41) is 27.6. The predicted octanol–water partition coefficient (Wildman–Crippen LogP) is 5.13. The van der Waals surface area contributed by atoms with Crippen molar-refractivity contribution >= 4 is 34.4 Å². The van der Waals surface area contributed by atoms with E-state index in [1.807, 2.05) is 36.4 Å². The molecular weight excluding hydrogens is 496 g/mol. The highest BCUT2D eigenvalue weighted by atomic mass is 16.6. The molecular formula is C30H34N4O5. The SMILES string of the molecule is CC(C)C(NC(=O)OC(C)(C)C)C(=O)N(CC#N)C(C(=O)Nc1ccc2ccccc2c1)c1ccccc1O. The first-order valence-corrected chi connectivity index (χ1v) is 12.7. The van der Waals surface area contributed by atoms with Gasteiger partial charge in [-0.25, -0.2) is 4.79 Å². The zero-order valence-corrected chi connectivity index (χ0v) is 22.8. The van der Waals surface area contributed by atoms with Gasteiger partial charge in [-0.15, -0.1) is 0 Å². The molecule has 0 bridgehead atoms. The highest BCUT2D eigenvalue weighted by molar-refractivity contribution is 6.00. The van der Waals surface area contributed by atoms with Crippen LogP contribution in [-0.4, -0.2) is 46.1 Å². The van der Waals surface area contributed by atoms with Gasteiger partial charge in [0.1, 0.15) is 30.0 Å². The van der Waals surface area contributed by atoms with Gasteiger partial charge >= 0.3 is 6.09 Å². The van der Waals surface area contributed by atoms with E-state index in [1.54, 1.807) is 58.9 Å². The van der Waals surface area contributed by atoms with Crippen molar-refractivity contribution in [1.82, 2.24) is 10.2 Å². The maximum atomic E-state index is 13.9. The molecule has 0 aromatic heterocycles. The molecule has 3 aromatic carbocycles. The first-order valence-electron chi connectivity index (χ1n) is 12.7. The van der Waals surface area contributed by atoms with Gasteiger partial charge in [0.25, 0.3) is 5.91 Å². The van der Waals surface area contributed by atoms with Crippen LogP contribution in [0.25, 0.3) is 10.8 Å². The van der Waals surface area contributed by atoms with Crippen LogP contribution in [0.3, 0.4) is 0 Å². The summed E-state index contributed by atoms with van der Waals surface area (Å²) in [6.45, 7) is 8.09. The second-order valence-electron chi connectivity index (χ2n) is 10.5. The third kappa shape index (κ3) is 7.48. The number of carbonyl (C=O) groups excluding carboxylic acids is 3. The lowest BCUT2D eigenvalue weighted by molar-refractivity contribution is -0.141. The van der Waals surface area contributed by atoms with Gasteiger partial charge in [0.05, 0.1) is 6.07 Å². The number of amides is 3. The molecule has 204 valence electrons. The molecule has 3 rings (SSSR count). The summed E-state index contributed by atoms with van der Waals surface area (Å²) in [5.74, 6) is -1.91. The summed E-state index contributed by atoms with van der Waals surface area (Å²) in [4.78, 5) is 41.3. The Bertz CT molecular complexity index is 1390. The molecule has 3 aromatic rings. The summed E-state index contributed by atoms with van der Waals surface area (Å²) in [5.41, 5.74) is -0.172. The molecule has 2 atom stereocenters. The zero-order valence-electron chi connectivity index (χ0n) is 22.8. The Morgan fingerprint density at radius 3 is 2.26 bits per heavy atom. The quantitative estimate of drug-likeness (QED) is 0.346. The van der Waals surface area contributed by atoms with Gasteiger partial charge in [0, 0.05) is 11.3 Å². The lowest BCUT2D eigenvalue weighted by Gasteiger charge is -2.34. The monoisotopic (exact) mass is 530 g/mol. The van der Waals surface area contributed by atoms with Crippen molar-refractivity contribution in [3.05, 3.63) is 72.3 Å². The van der Waals surface area contributed by atoms with Gasteiger partial charge in [-0.3, -0.25) is 9.59 Å². The topological polar surface area (TPSA) is 132 Å². The number of carbonyl (C=O) groups is 3. The van der Waals surface area contributed by atoms with Crippen molar-refractivity contribution < 1.29 is 24.2 Å². The fourth-order valence-corrected chi connectivity index (χ4v) is 4.15. The van der Waals surface area contributed by atoms with E-state index in [0.29, 0.717) is 5.69 Å². The number of nitriles is 1. The molecule has 2 unspecified atom stereocenters. The van der Waals surface area contributed by atoms with Crippen molar-refractivity contribution in [2.24, 2.45) is 5.92 Å². The van der Waals surface area contributed by atoms with E-state index < -0.39 is 48.1 Å². The summed E-state index contributed by atoms with van der Waals surface area (Å²) < 4.78 is 5.33. The number of benzene rings is 3. The average molecular weight is 531 g/mol. The van der Waals surface area contributed by atoms with E-state index >= 15 is 0 Å². The van der Waals surface area contributed by atoms with Gasteiger partial charge in [0.2, 0.25) is 5.91 Å². The van der Waals surface area contributed by atoms with Crippen molar-refractivity contribution in [2.75, 3.05) is 11.9 Å². The lowest BCUT2D eigenvalue weighted by atomic mass is 9.98. The minimum absolute atomic E-state index is 0.138. The minimum Gasteiger partial charge on any atom is -0.508 e. The number of phenolic OH excluding ortho intramolecular Hbond substituents is 1. The van der Waals surface area contributed by atoms with E-state index in [-0.39, 0.29) is 11.3 Å². The van der Waals surface area contributed by atoms with Crippen LogP contribution in [-0.2, 0) is 14.3 Å². The number of nitrogens with one attached hydrogen (secondary N) is 2. The first kappa shape index (κ1) is 29.0. The fraction of sp³-hybridized carbons (Fsp3) is 0.333. The van der Waals surface area contributed by atoms with Gasteiger partial charge in [0.15, 0.2) is 0 Å². The van der Waals surface area contributed by atoms with Crippen LogP contribution in [0.2, 0.25) is 0 Å². The molecule has 3 amide bonds. The Hall–Kier alpha value is -4.58. The number of fused-ring (bicyclic) bond motifs is 1. The number of aromatic hydroxyl groups is 1. The molecule has 0 aliphatic rings. The van der Waals surface area contributed by atoms with Crippen molar-refractivity contribution in [3.63, 3.8) is 0 Å². The molecule has 0 aliphatic carbocycles. The third-order valence-corrected chi connectivity index (χ3v) is 5.94. The van der Waals surface area contributed by atoms with E-state index in [1.165, 1.54) is 12.1 Å². The van der Waals surface area contributed by atoms with E-state index in [0.717, 1.165) is 15.7 Å². The van der Waals surface area contributed by atoms with Crippen LogP contribution in [0.1, 0.15) is 46.2 Å². The Kier molecular flexibility index (Phi) is 9.15. The zero-order chi connectivity index (χ0) is 28.7. The smallest absolute Gasteiger partial charge is 0.408 e. The number of rotatable bonds is 8. The van der Waals surface area contributed by atoms with E-state index in [9.17, 15) is 24.8 Å². The van der Waals surface area contributed by atoms with Crippen LogP contribution in [0.5, 0.6) is 5.75 Å². The number of para-hydroxylation sites is 1. The maximum absolute atomic E-state index is 13.9.